The van der Waals surface area contributed by atoms with Gasteiger partial charge in [-0.05, 0) is 42.5 Å². The first-order valence-electron chi connectivity index (χ1n) is 7.75. The van der Waals surface area contributed by atoms with Crippen molar-refractivity contribution in [2.24, 2.45) is 0 Å². The number of ether oxygens (including phenoxy) is 2. The Balaban J connectivity index is 1.55. The molecular formula is C18H14ClFN2O4S. The van der Waals surface area contributed by atoms with Crippen molar-refractivity contribution in [1.82, 2.24) is 10.2 Å². The van der Waals surface area contributed by atoms with E-state index in [1.165, 1.54) is 31.4 Å². The van der Waals surface area contributed by atoms with Gasteiger partial charge in [-0.1, -0.05) is 23.4 Å². The van der Waals surface area contributed by atoms with Crippen LogP contribution in [0.2, 0.25) is 5.02 Å². The number of carbonyl (C=O) groups is 1. The second kappa shape index (κ2) is 8.88. The third-order valence-electron chi connectivity index (χ3n) is 3.41. The molecule has 2 aromatic carbocycles. The van der Waals surface area contributed by atoms with E-state index in [0.29, 0.717) is 22.1 Å². The summed E-state index contributed by atoms with van der Waals surface area (Å²) < 4.78 is 28.9. The fourth-order valence-electron chi connectivity index (χ4n) is 2.13. The van der Waals surface area contributed by atoms with E-state index in [1.54, 1.807) is 18.2 Å². The second-order valence-corrected chi connectivity index (χ2v) is 6.62. The average molecular weight is 409 g/mol. The summed E-state index contributed by atoms with van der Waals surface area (Å²) in [7, 11) is 1.48. The molecule has 9 heteroatoms. The van der Waals surface area contributed by atoms with Gasteiger partial charge < -0.3 is 13.9 Å². The maximum Gasteiger partial charge on any atom is 0.277 e. The summed E-state index contributed by atoms with van der Waals surface area (Å²) in [6, 6.07) is 10.4. The number of methoxy groups -OCH3 is 1. The number of thioether (sulfide) groups is 1. The zero-order chi connectivity index (χ0) is 19.2. The molecular weight excluding hydrogens is 395 g/mol. The fourth-order valence-corrected chi connectivity index (χ4v) is 2.97. The molecule has 0 saturated heterocycles. The van der Waals surface area contributed by atoms with E-state index in [9.17, 15) is 9.18 Å². The lowest BCUT2D eigenvalue weighted by Gasteiger charge is -2.07. The Morgan fingerprint density at radius 3 is 2.74 bits per heavy atom. The zero-order valence-corrected chi connectivity index (χ0v) is 15.7. The van der Waals surface area contributed by atoms with Crippen molar-refractivity contribution < 1.29 is 23.1 Å². The number of benzene rings is 2. The number of ketones is 1. The van der Waals surface area contributed by atoms with Crippen molar-refractivity contribution >= 4 is 29.1 Å². The number of hydrogen-bond acceptors (Lipinski definition) is 7. The Bertz CT molecular complexity index is 933. The molecule has 0 spiro atoms. The molecule has 0 aliphatic rings. The molecule has 0 aliphatic carbocycles. The van der Waals surface area contributed by atoms with Crippen LogP contribution in [0, 0.1) is 5.82 Å². The van der Waals surface area contributed by atoms with Gasteiger partial charge in [0.15, 0.2) is 12.4 Å². The van der Waals surface area contributed by atoms with Crippen LogP contribution in [-0.2, 0) is 6.61 Å². The van der Waals surface area contributed by atoms with Crippen molar-refractivity contribution in [3.8, 4) is 11.5 Å². The Kier molecular flexibility index (Phi) is 6.31. The minimum atomic E-state index is -0.347. The smallest absolute Gasteiger partial charge is 0.277 e. The third-order valence-corrected chi connectivity index (χ3v) is 4.47. The van der Waals surface area contributed by atoms with Crippen molar-refractivity contribution in [3.63, 3.8) is 0 Å². The molecule has 1 heterocycles. The Labute approximate surface area is 163 Å². The Morgan fingerprint density at radius 2 is 2.00 bits per heavy atom. The van der Waals surface area contributed by atoms with E-state index in [-0.39, 0.29) is 35.1 Å². The minimum Gasteiger partial charge on any atom is -0.496 e. The van der Waals surface area contributed by atoms with Gasteiger partial charge in [-0.3, -0.25) is 4.79 Å². The van der Waals surface area contributed by atoms with Crippen LogP contribution >= 0.6 is 23.4 Å². The summed E-state index contributed by atoms with van der Waals surface area (Å²) in [4.78, 5) is 12.4. The van der Waals surface area contributed by atoms with E-state index in [4.69, 9.17) is 25.5 Å². The lowest BCUT2D eigenvalue weighted by Crippen LogP contribution is -2.05. The largest absolute Gasteiger partial charge is 0.496 e. The van der Waals surface area contributed by atoms with Crippen LogP contribution in [-0.4, -0.2) is 28.8 Å². The number of halogens is 2. The summed E-state index contributed by atoms with van der Waals surface area (Å²) in [5, 5.41) is 8.40. The van der Waals surface area contributed by atoms with Crippen LogP contribution in [0.15, 0.2) is 52.1 Å². The molecule has 0 N–H and O–H groups in total. The summed E-state index contributed by atoms with van der Waals surface area (Å²) in [6.45, 7) is 0.0370. The first kappa shape index (κ1) is 19.2. The fraction of sp³-hybridized carbons (Fsp3) is 0.167. The molecule has 0 aliphatic heterocycles. The zero-order valence-electron chi connectivity index (χ0n) is 14.1. The van der Waals surface area contributed by atoms with Crippen LogP contribution in [0.1, 0.15) is 16.2 Å². The lowest BCUT2D eigenvalue weighted by atomic mass is 10.1. The number of aromatic nitrogens is 2. The molecule has 0 radical (unpaired) electrons. The highest BCUT2D eigenvalue weighted by atomic mass is 35.5. The predicted molar refractivity (Wildman–Crippen MR) is 98.1 cm³/mol. The summed E-state index contributed by atoms with van der Waals surface area (Å²) in [6.07, 6.45) is 0. The van der Waals surface area contributed by atoms with Gasteiger partial charge in [0.2, 0.25) is 0 Å². The van der Waals surface area contributed by atoms with E-state index >= 15 is 0 Å². The molecule has 0 atom stereocenters. The maximum absolute atomic E-state index is 12.9. The molecule has 3 rings (SSSR count). The molecule has 0 bridgehead atoms. The van der Waals surface area contributed by atoms with E-state index in [0.717, 1.165) is 11.8 Å². The van der Waals surface area contributed by atoms with Crippen LogP contribution in [0.3, 0.4) is 0 Å². The topological polar surface area (TPSA) is 74.5 Å². The number of hydrogen-bond donors (Lipinski definition) is 0. The summed E-state index contributed by atoms with van der Waals surface area (Å²) in [5.41, 5.74) is 0.386. The summed E-state index contributed by atoms with van der Waals surface area (Å²) in [5.74, 6) is 0.726. The van der Waals surface area contributed by atoms with Crippen LogP contribution in [0.25, 0.3) is 0 Å². The van der Waals surface area contributed by atoms with Crippen molar-refractivity contribution in [3.05, 3.63) is 64.8 Å². The molecule has 3 aromatic rings. The van der Waals surface area contributed by atoms with Gasteiger partial charge in [0, 0.05) is 5.02 Å². The number of Topliss-reactive ketones (excluding diaryl/α,β-unsaturated/α-hetero) is 1. The molecule has 0 saturated carbocycles. The quantitative estimate of drug-likeness (QED) is 0.403. The standard InChI is InChI=1S/C18H14ClFN2O4S/c1-24-16-7-2-11(19)8-14(16)15(23)10-27-18-22-21-17(26-18)9-25-13-5-3-12(20)4-6-13/h2-8H,9-10H2,1H3. The minimum absolute atomic E-state index is 0.0370. The number of rotatable bonds is 8. The SMILES string of the molecule is COc1ccc(Cl)cc1C(=O)CSc1nnc(COc2ccc(F)cc2)o1. The highest BCUT2D eigenvalue weighted by Crippen LogP contribution is 2.26. The molecule has 0 unspecified atom stereocenters. The highest BCUT2D eigenvalue weighted by Gasteiger charge is 2.16. The normalized spacial score (nSPS) is 10.6. The van der Waals surface area contributed by atoms with Gasteiger partial charge in [0.1, 0.15) is 17.3 Å². The van der Waals surface area contributed by atoms with Crippen LogP contribution in [0.5, 0.6) is 11.5 Å². The third kappa shape index (κ3) is 5.21. The maximum atomic E-state index is 12.9. The van der Waals surface area contributed by atoms with Gasteiger partial charge in [-0.15, -0.1) is 10.2 Å². The van der Waals surface area contributed by atoms with Crippen molar-refractivity contribution in [2.45, 2.75) is 11.8 Å². The average Bonchev–Trinajstić information content (AvgIpc) is 3.13. The Morgan fingerprint density at radius 1 is 1.22 bits per heavy atom. The Hall–Kier alpha value is -2.58. The molecule has 27 heavy (non-hydrogen) atoms. The van der Waals surface area contributed by atoms with Crippen LogP contribution < -0.4 is 9.47 Å². The predicted octanol–water partition coefficient (Wildman–Crippen LogP) is 4.42. The summed E-state index contributed by atoms with van der Waals surface area (Å²) >= 11 is 7.04. The monoisotopic (exact) mass is 408 g/mol. The van der Waals surface area contributed by atoms with E-state index < -0.39 is 0 Å². The molecule has 0 amide bonds. The first-order chi connectivity index (χ1) is 13.0. The molecule has 140 valence electrons. The van der Waals surface area contributed by atoms with Gasteiger partial charge in [-0.2, -0.15) is 0 Å². The van der Waals surface area contributed by atoms with Gasteiger partial charge >= 0.3 is 0 Å². The van der Waals surface area contributed by atoms with E-state index in [2.05, 4.69) is 10.2 Å². The lowest BCUT2D eigenvalue weighted by molar-refractivity contribution is 0.101. The number of nitrogens with zero attached hydrogens (tertiary/aromatic N) is 2. The molecule has 0 fully saturated rings. The van der Waals surface area contributed by atoms with Gasteiger partial charge in [-0.25, -0.2) is 4.39 Å². The molecule has 6 nitrogen and oxygen atoms in total. The first-order valence-corrected chi connectivity index (χ1v) is 9.12. The van der Waals surface area contributed by atoms with Crippen molar-refractivity contribution in [1.29, 1.82) is 0 Å². The van der Waals surface area contributed by atoms with Crippen LogP contribution in [0.4, 0.5) is 4.39 Å². The highest BCUT2D eigenvalue weighted by molar-refractivity contribution is 7.99. The van der Waals surface area contributed by atoms with Gasteiger partial charge in [0.05, 0.1) is 18.4 Å². The molecule has 1 aromatic heterocycles. The van der Waals surface area contributed by atoms with E-state index in [1.807, 2.05) is 0 Å². The number of carbonyl (C=O) groups excluding carboxylic acids is 1. The van der Waals surface area contributed by atoms with Crippen molar-refractivity contribution in [2.75, 3.05) is 12.9 Å². The van der Waals surface area contributed by atoms with Gasteiger partial charge in [0.25, 0.3) is 11.1 Å². The second-order valence-electron chi connectivity index (χ2n) is 5.26.